The zero-order valence-electron chi connectivity index (χ0n) is 13.8. The highest BCUT2D eigenvalue weighted by atomic mass is 16.2. The molecule has 0 spiro atoms. The van der Waals surface area contributed by atoms with Crippen LogP contribution < -0.4 is 10.6 Å². The summed E-state index contributed by atoms with van der Waals surface area (Å²) in [5.74, 6) is -0.159. The van der Waals surface area contributed by atoms with E-state index in [1.807, 2.05) is 60.7 Å². The molecule has 2 amide bonds. The molecule has 0 saturated heterocycles. The van der Waals surface area contributed by atoms with Crippen molar-refractivity contribution in [1.82, 2.24) is 10.6 Å². The lowest BCUT2D eigenvalue weighted by Crippen LogP contribution is -2.29. The maximum atomic E-state index is 11.7. The Kier molecular flexibility index (Phi) is 7.54. The van der Waals surface area contributed by atoms with Gasteiger partial charge in [0.05, 0.1) is 0 Å². The number of rotatable bonds is 9. The third-order valence-corrected chi connectivity index (χ3v) is 3.74. The van der Waals surface area contributed by atoms with E-state index in [0.29, 0.717) is 13.1 Å². The molecule has 0 unspecified atom stereocenters. The summed E-state index contributed by atoms with van der Waals surface area (Å²) in [4.78, 5) is 23.5. The first-order chi connectivity index (χ1) is 11.7. The van der Waals surface area contributed by atoms with E-state index in [0.717, 1.165) is 12.8 Å². The largest absolute Gasteiger partial charge is 0.356 e. The molecule has 126 valence electrons. The van der Waals surface area contributed by atoms with Gasteiger partial charge < -0.3 is 10.6 Å². The van der Waals surface area contributed by atoms with Crippen LogP contribution in [0.25, 0.3) is 0 Å². The highest BCUT2D eigenvalue weighted by molar-refractivity contribution is 5.83. The fraction of sp³-hybridized carbons (Fsp3) is 0.300. The molecule has 0 fully saturated rings. The van der Waals surface area contributed by atoms with Crippen LogP contribution in [0.4, 0.5) is 0 Å². The van der Waals surface area contributed by atoms with Crippen molar-refractivity contribution >= 4 is 11.8 Å². The number of nitrogens with one attached hydrogen (secondary N) is 2. The summed E-state index contributed by atoms with van der Waals surface area (Å²) in [6, 6.07) is 20.0. The van der Waals surface area contributed by atoms with Gasteiger partial charge in [-0.3, -0.25) is 9.59 Å². The van der Waals surface area contributed by atoms with Gasteiger partial charge in [0.2, 0.25) is 11.8 Å². The maximum Gasteiger partial charge on any atom is 0.220 e. The van der Waals surface area contributed by atoms with E-state index < -0.39 is 0 Å². The Bertz CT molecular complexity index is 569. The molecule has 0 aliphatic heterocycles. The van der Waals surface area contributed by atoms with Crippen molar-refractivity contribution in [2.45, 2.75) is 25.7 Å². The van der Waals surface area contributed by atoms with Gasteiger partial charge in [-0.25, -0.2) is 0 Å². The van der Waals surface area contributed by atoms with E-state index in [4.69, 9.17) is 0 Å². The molecule has 0 aliphatic rings. The summed E-state index contributed by atoms with van der Waals surface area (Å²) >= 11 is 0. The smallest absolute Gasteiger partial charge is 0.220 e. The van der Waals surface area contributed by atoms with Gasteiger partial charge in [-0.05, 0) is 24.0 Å². The van der Waals surface area contributed by atoms with E-state index >= 15 is 0 Å². The Morgan fingerprint density at radius 3 is 1.38 bits per heavy atom. The molecule has 2 N–H and O–H groups in total. The van der Waals surface area contributed by atoms with Crippen molar-refractivity contribution in [3.63, 3.8) is 0 Å². The van der Waals surface area contributed by atoms with E-state index in [1.165, 1.54) is 11.1 Å². The summed E-state index contributed by atoms with van der Waals surface area (Å²) in [5.41, 5.74) is 2.38. The molecule has 0 atom stereocenters. The number of benzene rings is 2. The zero-order chi connectivity index (χ0) is 17.0. The molecule has 2 aromatic rings. The second-order valence-corrected chi connectivity index (χ2v) is 5.67. The molecular formula is C20H24N2O2. The molecule has 0 aromatic heterocycles. The average molecular weight is 324 g/mol. The summed E-state index contributed by atoms with van der Waals surface area (Å²) < 4.78 is 0. The highest BCUT2D eigenvalue weighted by Crippen LogP contribution is 1.99. The van der Waals surface area contributed by atoms with Crippen LogP contribution in [0.2, 0.25) is 0 Å². The van der Waals surface area contributed by atoms with Crippen molar-refractivity contribution in [1.29, 1.82) is 0 Å². The monoisotopic (exact) mass is 324 g/mol. The van der Waals surface area contributed by atoms with E-state index in [1.54, 1.807) is 0 Å². The SMILES string of the molecule is O=C(CCC(=O)NCCc1ccccc1)NCCc1ccccc1. The van der Waals surface area contributed by atoms with Crippen LogP contribution in [0.5, 0.6) is 0 Å². The van der Waals surface area contributed by atoms with Crippen LogP contribution in [0.15, 0.2) is 60.7 Å². The second kappa shape index (κ2) is 10.2. The summed E-state index contributed by atoms with van der Waals surface area (Å²) in [6.07, 6.45) is 2.06. The summed E-state index contributed by atoms with van der Waals surface area (Å²) in [7, 11) is 0. The van der Waals surface area contributed by atoms with E-state index in [9.17, 15) is 9.59 Å². The third-order valence-electron chi connectivity index (χ3n) is 3.74. The van der Waals surface area contributed by atoms with Crippen LogP contribution in [0, 0.1) is 0 Å². The van der Waals surface area contributed by atoms with Crippen LogP contribution in [0.3, 0.4) is 0 Å². The number of hydrogen-bond acceptors (Lipinski definition) is 2. The van der Waals surface area contributed by atoms with Gasteiger partial charge >= 0.3 is 0 Å². The van der Waals surface area contributed by atoms with Crippen LogP contribution in [-0.4, -0.2) is 24.9 Å². The van der Waals surface area contributed by atoms with Gasteiger partial charge in [0.25, 0.3) is 0 Å². The van der Waals surface area contributed by atoms with Gasteiger partial charge in [-0.15, -0.1) is 0 Å². The molecule has 24 heavy (non-hydrogen) atoms. The molecule has 2 rings (SSSR count). The minimum Gasteiger partial charge on any atom is -0.356 e. The first kappa shape index (κ1) is 17.7. The Labute approximate surface area is 143 Å². The van der Waals surface area contributed by atoms with Gasteiger partial charge in [0, 0.05) is 25.9 Å². The fourth-order valence-electron chi connectivity index (χ4n) is 2.39. The predicted molar refractivity (Wildman–Crippen MR) is 95.5 cm³/mol. The maximum absolute atomic E-state index is 11.7. The fourth-order valence-corrected chi connectivity index (χ4v) is 2.39. The Morgan fingerprint density at radius 2 is 1.00 bits per heavy atom. The van der Waals surface area contributed by atoms with E-state index in [-0.39, 0.29) is 24.7 Å². The Balaban J connectivity index is 1.53. The van der Waals surface area contributed by atoms with Crippen molar-refractivity contribution in [2.75, 3.05) is 13.1 Å². The molecule has 4 nitrogen and oxygen atoms in total. The highest BCUT2D eigenvalue weighted by Gasteiger charge is 2.06. The van der Waals surface area contributed by atoms with Gasteiger partial charge in [-0.1, -0.05) is 60.7 Å². The average Bonchev–Trinajstić information content (AvgIpc) is 2.62. The molecule has 0 saturated carbocycles. The molecule has 0 heterocycles. The Hall–Kier alpha value is -2.62. The summed E-state index contributed by atoms with van der Waals surface area (Å²) in [5, 5.41) is 5.70. The predicted octanol–water partition coefficient (Wildman–Crippen LogP) is 2.48. The third kappa shape index (κ3) is 7.09. The molecule has 0 aliphatic carbocycles. The van der Waals surface area contributed by atoms with Crippen molar-refractivity contribution in [3.05, 3.63) is 71.8 Å². The van der Waals surface area contributed by atoms with Crippen LogP contribution in [-0.2, 0) is 22.4 Å². The van der Waals surface area contributed by atoms with E-state index in [2.05, 4.69) is 10.6 Å². The standard InChI is InChI=1S/C20H24N2O2/c23-19(21-15-13-17-7-3-1-4-8-17)11-12-20(24)22-16-14-18-9-5-2-6-10-18/h1-10H,11-16H2,(H,21,23)(H,22,24). The molecule has 0 bridgehead atoms. The lowest BCUT2D eigenvalue weighted by molar-refractivity contribution is -0.126. The van der Waals surface area contributed by atoms with Crippen molar-refractivity contribution in [2.24, 2.45) is 0 Å². The normalized spacial score (nSPS) is 10.2. The van der Waals surface area contributed by atoms with Crippen LogP contribution >= 0.6 is 0 Å². The number of hydrogen-bond donors (Lipinski definition) is 2. The first-order valence-electron chi connectivity index (χ1n) is 8.35. The van der Waals surface area contributed by atoms with Gasteiger partial charge in [-0.2, -0.15) is 0 Å². The van der Waals surface area contributed by atoms with Gasteiger partial charge in [0.1, 0.15) is 0 Å². The van der Waals surface area contributed by atoms with Crippen LogP contribution in [0.1, 0.15) is 24.0 Å². The second-order valence-electron chi connectivity index (χ2n) is 5.67. The lowest BCUT2D eigenvalue weighted by atomic mass is 10.1. The number of carbonyl (C=O) groups excluding carboxylic acids is 2. The number of amides is 2. The Morgan fingerprint density at radius 1 is 0.625 bits per heavy atom. The lowest BCUT2D eigenvalue weighted by Gasteiger charge is -2.07. The first-order valence-corrected chi connectivity index (χ1v) is 8.35. The molecular weight excluding hydrogens is 300 g/mol. The minimum absolute atomic E-state index is 0.0795. The van der Waals surface area contributed by atoms with Crippen molar-refractivity contribution < 1.29 is 9.59 Å². The number of carbonyl (C=O) groups is 2. The molecule has 2 aromatic carbocycles. The summed E-state index contributed by atoms with van der Waals surface area (Å²) in [6.45, 7) is 1.19. The van der Waals surface area contributed by atoms with Gasteiger partial charge in [0.15, 0.2) is 0 Å². The topological polar surface area (TPSA) is 58.2 Å². The van der Waals surface area contributed by atoms with Crippen molar-refractivity contribution in [3.8, 4) is 0 Å². The molecule has 0 radical (unpaired) electrons. The quantitative estimate of drug-likeness (QED) is 0.744. The molecule has 4 heteroatoms. The minimum atomic E-state index is -0.0795. The zero-order valence-corrected chi connectivity index (χ0v) is 13.8.